The number of para-hydroxylation sites is 1. The molecular formula is C24H23N5O3S. The molecule has 0 atom stereocenters. The van der Waals surface area contributed by atoms with Crippen molar-refractivity contribution in [3.8, 4) is 0 Å². The second-order valence-corrected chi connectivity index (χ2v) is 8.12. The van der Waals surface area contributed by atoms with Crippen LogP contribution in [0, 0.1) is 6.92 Å². The standard InChI is InChI=1S/C24H23N5O3S/c1-3-32-23(31)19-11-4-5-12-20(19)25-21-22(30)29(28-13-6-7-14-28)24(27-26-21)33-16-18-10-8-9-17(2)15-18/h4-15H,3,16H2,1-2H3,(H,25,26). The molecule has 0 bridgehead atoms. The van der Waals surface area contributed by atoms with E-state index in [1.807, 2.05) is 37.3 Å². The Morgan fingerprint density at radius 3 is 2.61 bits per heavy atom. The molecule has 0 radical (unpaired) electrons. The number of hydrogen-bond donors (Lipinski definition) is 1. The third-order valence-corrected chi connectivity index (χ3v) is 5.75. The number of nitrogens with one attached hydrogen (secondary N) is 1. The average molecular weight is 462 g/mol. The van der Waals surface area contributed by atoms with Crippen molar-refractivity contribution < 1.29 is 9.53 Å². The van der Waals surface area contributed by atoms with E-state index in [1.165, 1.54) is 22.0 Å². The minimum atomic E-state index is -0.482. The quantitative estimate of drug-likeness (QED) is 0.309. The summed E-state index contributed by atoms with van der Waals surface area (Å²) in [5.41, 5.74) is 2.62. The van der Waals surface area contributed by atoms with Gasteiger partial charge < -0.3 is 10.1 Å². The summed E-state index contributed by atoms with van der Waals surface area (Å²) in [6.45, 7) is 4.03. The van der Waals surface area contributed by atoms with Gasteiger partial charge >= 0.3 is 11.5 Å². The van der Waals surface area contributed by atoms with Crippen LogP contribution in [0.3, 0.4) is 0 Å². The van der Waals surface area contributed by atoms with Crippen molar-refractivity contribution in [2.24, 2.45) is 0 Å². The molecule has 0 saturated heterocycles. The van der Waals surface area contributed by atoms with Crippen LogP contribution in [0.2, 0.25) is 0 Å². The Kier molecular flexibility index (Phi) is 6.89. The van der Waals surface area contributed by atoms with E-state index >= 15 is 0 Å². The lowest BCUT2D eigenvalue weighted by atomic mass is 10.2. The van der Waals surface area contributed by atoms with Crippen LogP contribution in [-0.4, -0.2) is 32.1 Å². The van der Waals surface area contributed by atoms with Gasteiger partial charge in [0, 0.05) is 18.1 Å². The second-order valence-electron chi connectivity index (χ2n) is 7.18. The van der Waals surface area contributed by atoms with Crippen LogP contribution in [-0.2, 0) is 10.5 Å². The number of benzene rings is 2. The summed E-state index contributed by atoms with van der Waals surface area (Å²) in [7, 11) is 0. The number of carbonyl (C=O) groups is 1. The predicted molar refractivity (Wildman–Crippen MR) is 128 cm³/mol. The molecule has 2 heterocycles. The van der Waals surface area contributed by atoms with Gasteiger partial charge in [-0.15, -0.1) is 10.2 Å². The third-order valence-electron chi connectivity index (χ3n) is 4.76. The molecular weight excluding hydrogens is 438 g/mol. The molecule has 0 saturated carbocycles. The first kappa shape index (κ1) is 22.3. The lowest BCUT2D eigenvalue weighted by molar-refractivity contribution is 0.0527. The number of ether oxygens (including phenoxy) is 1. The van der Waals surface area contributed by atoms with Gasteiger partial charge in [-0.3, -0.25) is 9.47 Å². The molecule has 0 fully saturated rings. The van der Waals surface area contributed by atoms with Crippen LogP contribution < -0.4 is 10.9 Å². The lowest BCUT2D eigenvalue weighted by Crippen LogP contribution is -2.30. The Bertz CT molecular complexity index is 1320. The fourth-order valence-electron chi connectivity index (χ4n) is 3.25. The van der Waals surface area contributed by atoms with Crippen LogP contribution in [0.1, 0.15) is 28.4 Å². The molecule has 2 aromatic heterocycles. The summed E-state index contributed by atoms with van der Waals surface area (Å²) in [5, 5.41) is 11.9. The number of nitrogens with zero attached hydrogens (tertiary/aromatic N) is 4. The number of thioether (sulfide) groups is 1. The molecule has 4 rings (SSSR count). The van der Waals surface area contributed by atoms with E-state index in [0.29, 0.717) is 22.2 Å². The Hall–Kier alpha value is -3.85. The highest BCUT2D eigenvalue weighted by Gasteiger charge is 2.18. The Labute approximate surface area is 195 Å². The minimum absolute atomic E-state index is 0.000328. The summed E-state index contributed by atoms with van der Waals surface area (Å²) in [6.07, 6.45) is 3.52. The maximum absolute atomic E-state index is 13.4. The molecule has 0 aliphatic carbocycles. The first-order valence-electron chi connectivity index (χ1n) is 10.4. The van der Waals surface area contributed by atoms with Crippen molar-refractivity contribution >= 4 is 29.2 Å². The van der Waals surface area contributed by atoms with Gasteiger partial charge in [0.25, 0.3) is 0 Å². The van der Waals surface area contributed by atoms with Gasteiger partial charge in [-0.05, 0) is 43.7 Å². The first-order valence-corrected chi connectivity index (χ1v) is 11.4. The molecule has 0 spiro atoms. The summed E-state index contributed by atoms with van der Waals surface area (Å²) in [5.74, 6) is 0.153. The maximum Gasteiger partial charge on any atom is 0.340 e. The molecule has 33 heavy (non-hydrogen) atoms. The normalized spacial score (nSPS) is 10.7. The van der Waals surface area contributed by atoms with Gasteiger partial charge in [-0.25, -0.2) is 4.79 Å². The largest absolute Gasteiger partial charge is 0.462 e. The number of aryl methyl sites for hydroxylation is 1. The van der Waals surface area contributed by atoms with E-state index in [2.05, 4.69) is 21.6 Å². The molecule has 4 aromatic rings. The molecule has 0 aliphatic rings. The highest BCUT2D eigenvalue weighted by molar-refractivity contribution is 7.98. The lowest BCUT2D eigenvalue weighted by Gasteiger charge is -2.15. The zero-order chi connectivity index (χ0) is 23.2. The van der Waals surface area contributed by atoms with Crippen molar-refractivity contribution in [2.75, 3.05) is 11.9 Å². The van der Waals surface area contributed by atoms with Crippen molar-refractivity contribution in [3.05, 3.63) is 100 Å². The Morgan fingerprint density at radius 1 is 1.06 bits per heavy atom. The van der Waals surface area contributed by atoms with Gasteiger partial charge in [0.05, 0.1) is 17.9 Å². The Morgan fingerprint density at radius 2 is 1.85 bits per heavy atom. The Balaban J connectivity index is 1.69. The second kappa shape index (κ2) is 10.2. The number of rotatable bonds is 8. The smallest absolute Gasteiger partial charge is 0.340 e. The molecule has 2 aromatic carbocycles. The van der Waals surface area contributed by atoms with Gasteiger partial charge in [0.1, 0.15) is 0 Å². The van der Waals surface area contributed by atoms with Crippen LogP contribution in [0.4, 0.5) is 11.5 Å². The molecule has 9 heteroatoms. The van der Waals surface area contributed by atoms with E-state index in [-0.39, 0.29) is 12.4 Å². The molecule has 1 N–H and O–H groups in total. The third kappa shape index (κ3) is 5.15. The monoisotopic (exact) mass is 461 g/mol. The predicted octanol–water partition coefficient (Wildman–Crippen LogP) is 4.27. The molecule has 168 valence electrons. The number of anilines is 2. The fourth-order valence-corrected chi connectivity index (χ4v) is 4.13. The number of aromatic nitrogens is 4. The summed E-state index contributed by atoms with van der Waals surface area (Å²) in [6, 6.07) is 18.6. The number of carbonyl (C=O) groups excluding carboxylic acids is 1. The van der Waals surface area contributed by atoms with E-state index in [9.17, 15) is 9.59 Å². The van der Waals surface area contributed by atoms with Crippen LogP contribution in [0.5, 0.6) is 0 Å². The SMILES string of the molecule is CCOC(=O)c1ccccc1Nc1nnc(SCc2cccc(C)c2)n(-n2cccc2)c1=O. The fraction of sp³-hybridized carbons (Fsp3) is 0.167. The van der Waals surface area contributed by atoms with E-state index in [4.69, 9.17) is 4.74 Å². The maximum atomic E-state index is 13.4. The van der Waals surface area contributed by atoms with Crippen LogP contribution in [0.25, 0.3) is 0 Å². The summed E-state index contributed by atoms with van der Waals surface area (Å²) >= 11 is 1.42. The summed E-state index contributed by atoms with van der Waals surface area (Å²) < 4.78 is 8.21. The van der Waals surface area contributed by atoms with Crippen molar-refractivity contribution in [2.45, 2.75) is 24.8 Å². The van der Waals surface area contributed by atoms with Crippen LogP contribution >= 0.6 is 11.8 Å². The van der Waals surface area contributed by atoms with Gasteiger partial charge in [0.2, 0.25) is 11.0 Å². The van der Waals surface area contributed by atoms with Crippen molar-refractivity contribution in [1.82, 2.24) is 19.5 Å². The van der Waals surface area contributed by atoms with Gasteiger partial charge in [-0.2, -0.15) is 4.68 Å². The highest BCUT2D eigenvalue weighted by atomic mass is 32.2. The molecule has 8 nitrogen and oxygen atoms in total. The van der Waals surface area contributed by atoms with Gasteiger partial charge in [-0.1, -0.05) is 53.7 Å². The zero-order valence-electron chi connectivity index (χ0n) is 18.3. The average Bonchev–Trinajstić information content (AvgIpc) is 3.34. The van der Waals surface area contributed by atoms with Crippen molar-refractivity contribution in [3.63, 3.8) is 0 Å². The topological polar surface area (TPSA) is 91.0 Å². The van der Waals surface area contributed by atoms with E-state index in [0.717, 1.165) is 5.56 Å². The van der Waals surface area contributed by atoms with Crippen molar-refractivity contribution in [1.29, 1.82) is 0 Å². The minimum Gasteiger partial charge on any atom is -0.462 e. The van der Waals surface area contributed by atoms with E-state index in [1.54, 1.807) is 48.3 Å². The summed E-state index contributed by atoms with van der Waals surface area (Å²) in [4.78, 5) is 25.7. The molecule has 0 aliphatic heterocycles. The van der Waals surface area contributed by atoms with E-state index < -0.39 is 11.5 Å². The van der Waals surface area contributed by atoms with Crippen LogP contribution in [0.15, 0.2) is 83.0 Å². The number of esters is 1. The number of hydrogen-bond acceptors (Lipinski definition) is 7. The first-order chi connectivity index (χ1) is 16.1. The highest BCUT2D eigenvalue weighted by Crippen LogP contribution is 2.23. The zero-order valence-corrected chi connectivity index (χ0v) is 19.1. The molecule has 0 amide bonds. The molecule has 0 unspecified atom stereocenters. The van der Waals surface area contributed by atoms with Gasteiger partial charge in [0.15, 0.2) is 0 Å².